The molecular formula is C10H13N3O. The molecule has 0 unspecified atom stereocenters. The van der Waals surface area contributed by atoms with Gasteiger partial charge in [-0.3, -0.25) is 0 Å². The lowest BCUT2D eigenvalue weighted by Crippen LogP contribution is -2.16. The third-order valence-corrected chi connectivity index (χ3v) is 1.66. The van der Waals surface area contributed by atoms with Crippen LogP contribution in [-0.2, 0) is 0 Å². The van der Waals surface area contributed by atoms with Gasteiger partial charge in [0.25, 0.3) is 0 Å². The zero-order valence-corrected chi connectivity index (χ0v) is 8.37. The summed E-state index contributed by atoms with van der Waals surface area (Å²) < 4.78 is 5.34. The number of hydrogen-bond acceptors (Lipinski definition) is 4. The summed E-state index contributed by atoms with van der Waals surface area (Å²) in [6.45, 7) is 3.15. The van der Waals surface area contributed by atoms with Crippen molar-refractivity contribution in [2.24, 2.45) is 0 Å². The Hall–Kier alpha value is -1.60. The third-order valence-electron chi connectivity index (χ3n) is 1.66. The molecule has 74 valence electrons. The van der Waals surface area contributed by atoms with Crippen molar-refractivity contribution < 1.29 is 4.74 Å². The van der Waals surface area contributed by atoms with Crippen LogP contribution in [0.4, 0.5) is 0 Å². The Bertz CT molecular complexity index is 344. The fraction of sp³-hybridized carbons (Fsp3) is 0.400. The maximum atomic E-state index is 8.71. The monoisotopic (exact) mass is 191 g/mol. The Morgan fingerprint density at radius 2 is 2.36 bits per heavy atom. The van der Waals surface area contributed by atoms with Gasteiger partial charge in [-0.25, -0.2) is 4.98 Å². The van der Waals surface area contributed by atoms with Gasteiger partial charge in [0.15, 0.2) is 0 Å². The number of nitriles is 1. The van der Waals surface area contributed by atoms with Crippen molar-refractivity contribution in [3.05, 3.63) is 23.4 Å². The number of hydrogen-bond donors (Lipinski definition) is 1. The number of ether oxygens (including phenoxy) is 1. The maximum Gasteiger partial charge on any atom is 0.214 e. The molecule has 0 aliphatic heterocycles. The summed E-state index contributed by atoms with van der Waals surface area (Å²) in [5.41, 5.74) is 1.38. The summed E-state index contributed by atoms with van der Waals surface area (Å²) in [7, 11) is 1.85. The number of rotatable bonds is 4. The highest BCUT2D eigenvalue weighted by Gasteiger charge is 1.99. The SMILES string of the molecule is CNCCOc1cc(C#N)cc(C)n1. The molecule has 4 heteroatoms. The van der Waals surface area contributed by atoms with E-state index < -0.39 is 0 Å². The molecule has 0 aliphatic rings. The molecule has 1 heterocycles. The van der Waals surface area contributed by atoms with E-state index in [4.69, 9.17) is 10.00 Å². The van der Waals surface area contributed by atoms with Gasteiger partial charge in [0, 0.05) is 18.3 Å². The maximum absolute atomic E-state index is 8.71. The molecule has 0 saturated carbocycles. The number of aryl methyl sites for hydroxylation is 1. The van der Waals surface area contributed by atoms with Gasteiger partial charge in [0.1, 0.15) is 6.61 Å². The summed E-state index contributed by atoms with van der Waals surface area (Å²) in [6.07, 6.45) is 0. The molecule has 0 saturated heterocycles. The minimum Gasteiger partial charge on any atom is -0.476 e. The standard InChI is InChI=1S/C10H13N3O/c1-8-5-9(7-11)6-10(13-8)14-4-3-12-2/h5-6,12H,3-4H2,1-2H3. The molecule has 1 rings (SSSR count). The van der Waals surface area contributed by atoms with Gasteiger partial charge >= 0.3 is 0 Å². The van der Waals surface area contributed by atoms with Gasteiger partial charge in [-0.15, -0.1) is 0 Å². The molecule has 0 atom stereocenters. The van der Waals surface area contributed by atoms with Gasteiger partial charge < -0.3 is 10.1 Å². The van der Waals surface area contributed by atoms with E-state index in [0.717, 1.165) is 12.2 Å². The normalized spacial score (nSPS) is 9.50. The number of nitrogens with one attached hydrogen (secondary N) is 1. The van der Waals surface area contributed by atoms with E-state index in [1.54, 1.807) is 12.1 Å². The average Bonchev–Trinajstić information content (AvgIpc) is 2.17. The molecule has 1 N–H and O–H groups in total. The first-order valence-corrected chi connectivity index (χ1v) is 4.42. The summed E-state index contributed by atoms with van der Waals surface area (Å²) in [4.78, 5) is 4.15. The van der Waals surface area contributed by atoms with Crippen molar-refractivity contribution >= 4 is 0 Å². The summed E-state index contributed by atoms with van der Waals surface area (Å²) in [6, 6.07) is 5.43. The Kier molecular flexibility index (Phi) is 3.89. The smallest absolute Gasteiger partial charge is 0.214 e. The Labute approximate surface area is 83.5 Å². The first-order valence-electron chi connectivity index (χ1n) is 4.42. The zero-order valence-electron chi connectivity index (χ0n) is 8.37. The fourth-order valence-electron chi connectivity index (χ4n) is 1.03. The predicted molar refractivity (Wildman–Crippen MR) is 53.1 cm³/mol. The van der Waals surface area contributed by atoms with Gasteiger partial charge in [-0.05, 0) is 20.0 Å². The first-order chi connectivity index (χ1) is 6.76. The number of pyridine rings is 1. The molecule has 0 bridgehead atoms. The van der Waals surface area contributed by atoms with Crippen LogP contribution >= 0.6 is 0 Å². The predicted octanol–water partition coefficient (Wildman–Crippen LogP) is 0.860. The van der Waals surface area contributed by atoms with E-state index in [0.29, 0.717) is 18.1 Å². The quantitative estimate of drug-likeness (QED) is 0.717. The van der Waals surface area contributed by atoms with Gasteiger partial charge in [0.2, 0.25) is 5.88 Å². The number of likely N-dealkylation sites (N-methyl/N-ethyl adjacent to an activating group) is 1. The summed E-state index contributed by atoms with van der Waals surface area (Å²) >= 11 is 0. The molecule has 0 spiro atoms. The van der Waals surface area contributed by atoms with Gasteiger partial charge in [-0.1, -0.05) is 0 Å². The molecule has 14 heavy (non-hydrogen) atoms. The Balaban J connectivity index is 2.68. The van der Waals surface area contributed by atoms with Crippen LogP contribution in [0.15, 0.2) is 12.1 Å². The number of nitrogens with zero attached hydrogens (tertiary/aromatic N) is 2. The van der Waals surface area contributed by atoms with Crippen molar-refractivity contribution in [1.82, 2.24) is 10.3 Å². The summed E-state index contributed by atoms with van der Waals surface area (Å²) in [5, 5.41) is 11.7. The summed E-state index contributed by atoms with van der Waals surface area (Å²) in [5.74, 6) is 0.511. The van der Waals surface area contributed by atoms with E-state index in [1.807, 2.05) is 14.0 Å². The van der Waals surface area contributed by atoms with Crippen molar-refractivity contribution in [2.45, 2.75) is 6.92 Å². The molecule has 0 aromatic carbocycles. The van der Waals surface area contributed by atoms with Crippen LogP contribution in [0.2, 0.25) is 0 Å². The van der Waals surface area contributed by atoms with Crippen molar-refractivity contribution in [3.8, 4) is 11.9 Å². The van der Waals surface area contributed by atoms with Gasteiger partial charge in [0.05, 0.1) is 11.6 Å². The molecule has 0 fully saturated rings. The van der Waals surface area contributed by atoms with Crippen LogP contribution in [0.1, 0.15) is 11.3 Å². The van der Waals surface area contributed by atoms with Gasteiger partial charge in [-0.2, -0.15) is 5.26 Å². The molecule has 4 nitrogen and oxygen atoms in total. The lowest BCUT2D eigenvalue weighted by Gasteiger charge is -2.05. The highest BCUT2D eigenvalue weighted by Crippen LogP contribution is 2.11. The van der Waals surface area contributed by atoms with Crippen LogP contribution in [-0.4, -0.2) is 25.2 Å². The molecule has 0 amide bonds. The van der Waals surface area contributed by atoms with Crippen molar-refractivity contribution in [3.63, 3.8) is 0 Å². The molecule has 1 aromatic heterocycles. The fourth-order valence-corrected chi connectivity index (χ4v) is 1.03. The van der Waals surface area contributed by atoms with Crippen LogP contribution in [0.25, 0.3) is 0 Å². The van der Waals surface area contributed by atoms with E-state index in [2.05, 4.69) is 16.4 Å². The lowest BCUT2D eigenvalue weighted by atomic mass is 10.2. The Morgan fingerprint density at radius 1 is 1.57 bits per heavy atom. The minimum absolute atomic E-state index is 0.511. The van der Waals surface area contributed by atoms with Crippen molar-refractivity contribution in [1.29, 1.82) is 5.26 Å². The van der Waals surface area contributed by atoms with Crippen LogP contribution in [0, 0.1) is 18.3 Å². The lowest BCUT2D eigenvalue weighted by molar-refractivity contribution is 0.306. The highest BCUT2D eigenvalue weighted by molar-refractivity contribution is 5.33. The van der Waals surface area contributed by atoms with Crippen LogP contribution < -0.4 is 10.1 Å². The highest BCUT2D eigenvalue weighted by atomic mass is 16.5. The molecule has 0 radical (unpaired) electrons. The topological polar surface area (TPSA) is 57.9 Å². The van der Waals surface area contributed by atoms with Crippen molar-refractivity contribution in [2.75, 3.05) is 20.2 Å². The van der Waals surface area contributed by atoms with E-state index in [1.165, 1.54) is 0 Å². The van der Waals surface area contributed by atoms with Crippen LogP contribution in [0.3, 0.4) is 0 Å². The second kappa shape index (κ2) is 5.20. The Morgan fingerprint density at radius 3 is 3.00 bits per heavy atom. The van der Waals surface area contributed by atoms with E-state index in [-0.39, 0.29) is 0 Å². The van der Waals surface area contributed by atoms with Crippen LogP contribution in [0.5, 0.6) is 5.88 Å². The number of aromatic nitrogens is 1. The average molecular weight is 191 g/mol. The second-order valence-corrected chi connectivity index (χ2v) is 2.90. The largest absolute Gasteiger partial charge is 0.476 e. The molecular weight excluding hydrogens is 178 g/mol. The third kappa shape index (κ3) is 3.04. The molecule has 1 aromatic rings. The van der Waals surface area contributed by atoms with E-state index in [9.17, 15) is 0 Å². The first kappa shape index (κ1) is 10.5. The molecule has 0 aliphatic carbocycles. The second-order valence-electron chi connectivity index (χ2n) is 2.90. The minimum atomic E-state index is 0.511. The zero-order chi connectivity index (χ0) is 10.4. The van der Waals surface area contributed by atoms with E-state index >= 15 is 0 Å².